The molecule has 2 aromatic heterocycles. The first-order valence-electron chi connectivity index (χ1n) is 6.06. The summed E-state index contributed by atoms with van der Waals surface area (Å²) in [6.07, 6.45) is 3.83. The molecule has 1 aliphatic heterocycles. The summed E-state index contributed by atoms with van der Waals surface area (Å²) in [7, 11) is 0. The molecule has 0 radical (unpaired) electrons. The third-order valence-electron chi connectivity index (χ3n) is 3.00. The maximum absolute atomic E-state index is 5.76. The molecule has 1 fully saturated rings. The van der Waals surface area contributed by atoms with E-state index in [9.17, 15) is 0 Å². The number of ether oxygens (including phenoxy) is 1. The van der Waals surface area contributed by atoms with Gasteiger partial charge >= 0.3 is 0 Å². The molecule has 1 saturated heterocycles. The van der Waals surface area contributed by atoms with Crippen molar-refractivity contribution < 1.29 is 4.74 Å². The smallest absolute Gasteiger partial charge is 0.111 e. The Hall–Kier alpha value is -1.24. The number of nitrogens with one attached hydrogen (secondary N) is 1. The monoisotopic (exact) mass is 264 g/mol. The zero-order chi connectivity index (χ0) is 12.4. The van der Waals surface area contributed by atoms with Gasteiger partial charge in [0, 0.05) is 18.5 Å². The van der Waals surface area contributed by atoms with Crippen LogP contribution in [0.15, 0.2) is 17.9 Å². The molecule has 0 aliphatic carbocycles. The Balaban J connectivity index is 1.78. The van der Waals surface area contributed by atoms with Gasteiger partial charge in [-0.3, -0.25) is 0 Å². The van der Waals surface area contributed by atoms with E-state index in [0.717, 1.165) is 42.6 Å². The van der Waals surface area contributed by atoms with E-state index in [-0.39, 0.29) is 6.10 Å². The molecule has 18 heavy (non-hydrogen) atoms. The summed E-state index contributed by atoms with van der Waals surface area (Å²) in [5.41, 5.74) is 2.20. The van der Waals surface area contributed by atoms with Gasteiger partial charge in [-0.25, -0.2) is 9.97 Å². The Kier molecular flexibility index (Phi) is 3.40. The van der Waals surface area contributed by atoms with E-state index in [1.165, 1.54) is 0 Å². The SMILES string of the molecule is Cc1nc(Cn2cncc2C2CNCCO2)cs1. The van der Waals surface area contributed by atoms with Crippen molar-refractivity contribution >= 4 is 11.3 Å². The van der Waals surface area contributed by atoms with Gasteiger partial charge in [-0.05, 0) is 6.92 Å². The highest BCUT2D eigenvalue weighted by molar-refractivity contribution is 7.09. The molecule has 1 aliphatic rings. The molecule has 0 saturated carbocycles. The molecule has 96 valence electrons. The number of imidazole rings is 1. The fourth-order valence-corrected chi connectivity index (χ4v) is 2.75. The lowest BCUT2D eigenvalue weighted by molar-refractivity contribution is 0.0230. The minimum Gasteiger partial charge on any atom is -0.369 e. The molecular weight excluding hydrogens is 248 g/mol. The van der Waals surface area contributed by atoms with E-state index in [1.54, 1.807) is 11.3 Å². The Labute approximate surface area is 110 Å². The second-order valence-electron chi connectivity index (χ2n) is 4.37. The Morgan fingerprint density at radius 1 is 1.61 bits per heavy atom. The van der Waals surface area contributed by atoms with Crippen LogP contribution in [0.2, 0.25) is 0 Å². The number of thiazole rings is 1. The molecule has 6 heteroatoms. The molecule has 0 aromatic carbocycles. The minimum atomic E-state index is 0.0981. The maximum Gasteiger partial charge on any atom is 0.111 e. The van der Waals surface area contributed by atoms with Crippen LogP contribution in [0.4, 0.5) is 0 Å². The number of hydrogen-bond donors (Lipinski definition) is 1. The predicted octanol–water partition coefficient (Wildman–Crippen LogP) is 1.36. The van der Waals surface area contributed by atoms with E-state index in [1.807, 2.05) is 19.4 Å². The summed E-state index contributed by atoms with van der Waals surface area (Å²) in [5.74, 6) is 0. The van der Waals surface area contributed by atoms with Gasteiger partial charge in [-0.2, -0.15) is 0 Å². The standard InChI is InChI=1S/C12H16N4OS/c1-9-15-10(7-18-9)6-16-8-14-4-11(16)12-5-13-2-3-17-12/h4,7-8,12-13H,2-3,5-6H2,1H3. The summed E-state index contributed by atoms with van der Waals surface area (Å²) in [4.78, 5) is 8.72. The van der Waals surface area contributed by atoms with E-state index in [0.29, 0.717) is 0 Å². The van der Waals surface area contributed by atoms with Gasteiger partial charge in [0.25, 0.3) is 0 Å². The predicted molar refractivity (Wildman–Crippen MR) is 69.7 cm³/mol. The van der Waals surface area contributed by atoms with Crippen molar-refractivity contribution in [1.82, 2.24) is 19.9 Å². The number of morpholine rings is 1. The number of rotatable bonds is 3. The molecule has 1 atom stereocenters. The van der Waals surface area contributed by atoms with Gasteiger partial charge in [0.1, 0.15) is 6.10 Å². The number of hydrogen-bond acceptors (Lipinski definition) is 5. The first-order valence-corrected chi connectivity index (χ1v) is 6.94. The highest BCUT2D eigenvalue weighted by Crippen LogP contribution is 2.19. The second-order valence-corrected chi connectivity index (χ2v) is 5.43. The molecule has 0 bridgehead atoms. The molecule has 3 rings (SSSR count). The van der Waals surface area contributed by atoms with Crippen molar-refractivity contribution in [1.29, 1.82) is 0 Å². The second kappa shape index (κ2) is 5.17. The number of aromatic nitrogens is 3. The normalized spacial score (nSPS) is 20.2. The fourth-order valence-electron chi connectivity index (χ4n) is 2.14. The lowest BCUT2D eigenvalue weighted by Crippen LogP contribution is -2.34. The molecular formula is C12H16N4OS. The largest absolute Gasteiger partial charge is 0.369 e. The minimum absolute atomic E-state index is 0.0981. The highest BCUT2D eigenvalue weighted by Gasteiger charge is 2.19. The maximum atomic E-state index is 5.76. The quantitative estimate of drug-likeness (QED) is 0.909. The third-order valence-corrected chi connectivity index (χ3v) is 3.82. The topological polar surface area (TPSA) is 52.0 Å². The van der Waals surface area contributed by atoms with Crippen molar-refractivity contribution in [2.75, 3.05) is 19.7 Å². The van der Waals surface area contributed by atoms with Crippen LogP contribution in [0.5, 0.6) is 0 Å². The van der Waals surface area contributed by atoms with Crippen LogP contribution in [0.25, 0.3) is 0 Å². The summed E-state index contributed by atoms with van der Waals surface area (Å²) >= 11 is 1.68. The van der Waals surface area contributed by atoms with Crippen molar-refractivity contribution in [2.45, 2.75) is 19.6 Å². The van der Waals surface area contributed by atoms with Crippen molar-refractivity contribution in [3.05, 3.63) is 34.3 Å². The van der Waals surface area contributed by atoms with Gasteiger partial charge in [-0.1, -0.05) is 0 Å². The van der Waals surface area contributed by atoms with E-state index in [4.69, 9.17) is 4.74 Å². The van der Waals surface area contributed by atoms with Crippen LogP contribution in [-0.2, 0) is 11.3 Å². The Morgan fingerprint density at radius 2 is 2.56 bits per heavy atom. The lowest BCUT2D eigenvalue weighted by atomic mass is 10.2. The van der Waals surface area contributed by atoms with Crippen molar-refractivity contribution in [3.63, 3.8) is 0 Å². The van der Waals surface area contributed by atoms with Crippen molar-refractivity contribution in [3.8, 4) is 0 Å². The average Bonchev–Trinajstić information content (AvgIpc) is 3.00. The van der Waals surface area contributed by atoms with Gasteiger partial charge in [0.15, 0.2) is 0 Å². The molecule has 5 nitrogen and oxygen atoms in total. The summed E-state index contributed by atoms with van der Waals surface area (Å²) in [6, 6.07) is 0. The van der Waals surface area contributed by atoms with Crippen molar-refractivity contribution in [2.24, 2.45) is 0 Å². The zero-order valence-corrected chi connectivity index (χ0v) is 11.1. The molecule has 2 aromatic rings. The van der Waals surface area contributed by atoms with Crippen LogP contribution >= 0.6 is 11.3 Å². The van der Waals surface area contributed by atoms with Crippen LogP contribution in [0, 0.1) is 6.92 Å². The lowest BCUT2D eigenvalue weighted by Gasteiger charge is -2.24. The molecule has 1 N–H and O–H groups in total. The fraction of sp³-hybridized carbons (Fsp3) is 0.500. The average molecular weight is 264 g/mol. The van der Waals surface area contributed by atoms with Crippen LogP contribution in [0.1, 0.15) is 22.5 Å². The first kappa shape index (κ1) is 11.8. The van der Waals surface area contributed by atoms with Gasteiger partial charge in [-0.15, -0.1) is 11.3 Å². The van der Waals surface area contributed by atoms with Crippen LogP contribution in [0.3, 0.4) is 0 Å². The zero-order valence-electron chi connectivity index (χ0n) is 10.3. The molecule has 3 heterocycles. The van der Waals surface area contributed by atoms with Gasteiger partial charge < -0.3 is 14.6 Å². The summed E-state index contributed by atoms with van der Waals surface area (Å²) < 4.78 is 7.88. The molecule has 0 amide bonds. The van der Waals surface area contributed by atoms with E-state index < -0.39 is 0 Å². The van der Waals surface area contributed by atoms with Crippen LogP contribution in [-0.4, -0.2) is 34.2 Å². The number of nitrogens with zero attached hydrogens (tertiary/aromatic N) is 3. The Morgan fingerprint density at radius 3 is 3.28 bits per heavy atom. The third kappa shape index (κ3) is 2.45. The number of aryl methyl sites for hydroxylation is 1. The first-order chi connectivity index (χ1) is 8.83. The van der Waals surface area contributed by atoms with Gasteiger partial charge in [0.2, 0.25) is 0 Å². The highest BCUT2D eigenvalue weighted by atomic mass is 32.1. The van der Waals surface area contributed by atoms with Gasteiger partial charge in [0.05, 0.1) is 42.1 Å². The molecule has 0 spiro atoms. The van der Waals surface area contributed by atoms with E-state index >= 15 is 0 Å². The Bertz CT molecular complexity index is 516. The molecule has 1 unspecified atom stereocenters. The summed E-state index contributed by atoms with van der Waals surface area (Å²) in [6.45, 7) is 5.32. The van der Waals surface area contributed by atoms with E-state index in [2.05, 4.69) is 25.2 Å². The summed E-state index contributed by atoms with van der Waals surface area (Å²) in [5, 5.41) is 6.53. The van der Waals surface area contributed by atoms with Crippen LogP contribution < -0.4 is 5.32 Å².